The Morgan fingerprint density at radius 2 is 1.62 bits per heavy atom. The third-order valence-corrected chi connectivity index (χ3v) is 3.45. The van der Waals surface area contributed by atoms with Crippen LogP contribution in [0, 0.1) is 5.82 Å². The SMILES string of the molecule is O=C(CNc1ccc(F)cc1)Nc1cccc(NC(=O)c2ccco2)c1. The third-order valence-electron chi connectivity index (χ3n) is 3.45. The average Bonchev–Trinajstić information content (AvgIpc) is 3.16. The second-order valence-electron chi connectivity index (χ2n) is 5.42. The molecule has 3 N–H and O–H groups in total. The van der Waals surface area contributed by atoms with Gasteiger partial charge in [0.25, 0.3) is 5.91 Å². The zero-order valence-corrected chi connectivity index (χ0v) is 13.7. The predicted octanol–water partition coefficient (Wildman–Crippen LogP) is 3.72. The average molecular weight is 353 g/mol. The summed E-state index contributed by atoms with van der Waals surface area (Å²) in [6, 6.07) is 15.7. The van der Waals surface area contributed by atoms with Gasteiger partial charge in [-0.15, -0.1) is 0 Å². The van der Waals surface area contributed by atoms with Gasteiger partial charge in [0.1, 0.15) is 5.82 Å². The number of hydrogen-bond donors (Lipinski definition) is 3. The van der Waals surface area contributed by atoms with E-state index in [4.69, 9.17) is 4.42 Å². The highest BCUT2D eigenvalue weighted by Gasteiger charge is 2.09. The van der Waals surface area contributed by atoms with Gasteiger partial charge in [-0.25, -0.2) is 4.39 Å². The van der Waals surface area contributed by atoms with E-state index in [1.54, 1.807) is 48.5 Å². The lowest BCUT2D eigenvalue weighted by Crippen LogP contribution is -2.21. The molecule has 132 valence electrons. The summed E-state index contributed by atoms with van der Waals surface area (Å²) >= 11 is 0. The molecule has 2 amide bonds. The van der Waals surface area contributed by atoms with Crippen LogP contribution in [0.1, 0.15) is 10.6 Å². The number of benzene rings is 2. The minimum absolute atomic E-state index is 0.0224. The van der Waals surface area contributed by atoms with Crippen LogP contribution < -0.4 is 16.0 Å². The smallest absolute Gasteiger partial charge is 0.291 e. The Bertz CT molecular complexity index is 893. The second-order valence-corrected chi connectivity index (χ2v) is 5.42. The molecular formula is C19H16FN3O3. The Morgan fingerprint density at radius 3 is 2.31 bits per heavy atom. The molecule has 26 heavy (non-hydrogen) atoms. The first-order chi connectivity index (χ1) is 12.6. The highest BCUT2D eigenvalue weighted by Crippen LogP contribution is 2.16. The second kappa shape index (κ2) is 7.98. The fourth-order valence-corrected chi connectivity index (χ4v) is 2.23. The molecule has 6 nitrogen and oxygen atoms in total. The zero-order valence-electron chi connectivity index (χ0n) is 13.7. The van der Waals surface area contributed by atoms with Crippen molar-refractivity contribution < 1.29 is 18.4 Å². The normalized spacial score (nSPS) is 10.2. The molecule has 0 atom stereocenters. The number of hydrogen-bond acceptors (Lipinski definition) is 4. The van der Waals surface area contributed by atoms with Crippen LogP contribution in [-0.4, -0.2) is 18.4 Å². The van der Waals surface area contributed by atoms with E-state index >= 15 is 0 Å². The van der Waals surface area contributed by atoms with Gasteiger partial charge in [0.2, 0.25) is 5.91 Å². The summed E-state index contributed by atoms with van der Waals surface area (Å²) in [5.41, 5.74) is 1.70. The Kier molecular flexibility index (Phi) is 5.28. The molecule has 0 saturated carbocycles. The van der Waals surface area contributed by atoms with Crippen molar-refractivity contribution in [2.45, 2.75) is 0 Å². The molecule has 1 aromatic heterocycles. The van der Waals surface area contributed by atoms with Gasteiger partial charge in [0.05, 0.1) is 12.8 Å². The maximum Gasteiger partial charge on any atom is 0.291 e. The fourth-order valence-electron chi connectivity index (χ4n) is 2.23. The van der Waals surface area contributed by atoms with Crippen molar-refractivity contribution in [3.05, 3.63) is 78.5 Å². The molecule has 3 rings (SSSR count). The summed E-state index contributed by atoms with van der Waals surface area (Å²) in [4.78, 5) is 24.0. The molecule has 0 aliphatic heterocycles. The van der Waals surface area contributed by atoms with Gasteiger partial charge in [-0.1, -0.05) is 6.07 Å². The summed E-state index contributed by atoms with van der Waals surface area (Å²) in [5.74, 6) is -0.795. The molecule has 0 bridgehead atoms. The van der Waals surface area contributed by atoms with Crippen LogP contribution in [0.2, 0.25) is 0 Å². The van der Waals surface area contributed by atoms with Crippen molar-refractivity contribution >= 4 is 28.9 Å². The largest absolute Gasteiger partial charge is 0.459 e. The van der Waals surface area contributed by atoms with Gasteiger partial charge in [-0.05, 0) is 54.6 Å². The number of carbonyl (C=O) groups excluding carboxylic acids is 2. The number of rotatable bonds is 6. The van der Waals surface area contributed by atoms with Crippen LogP contribution in [-0.2, 0) is 4.79 Å². The van der Waals surface area contributed by atoms with Gasteiger partial charge < -0.3 is 20.4 Å². The summed E-state index contributed by atoms with van der Waals surface area (Å²) < 4.78 is 17.9. The molecular weight excluding hydrogens is 337 g/mol. The minimum Gasteiger partial charge on any atom is -0.459 e. The van der Waals surface area contributed by atoms with E-state index in [0.717, 1.165) is 0 Å². The highest BCUT2D eigenvalue weighted by molar-refractivity contribution is 6.02. The lowest BCUT2D eigenvalue weighted by Gasteiger charge is -2.09. The van der Waals surface area contributed by atoms with Gasteiger partial charge in [-0.2, -0.15) is 0 Å². The van der Waals surface area contributed by atoms with Gasteiger partial charge in [-0.3, -0.25) is 9.59 Å². The first kappa shape index (κ1) is 17.2. The van der Waals surface area contributed by atoms with E-state index in [9.17, 15) is 14.0 Å². The summed E-state index contributed by atoms with van der Waals surface area (Å²) in [5, 5.41) is 8.30. The van der Waals surface area contributed by atoms with Crippen LogP contribution in [0.25, 0.3) is 0 Å². The number of anilines is 3. The maximum absolute atomic E-state index is 12.8. The predicted molar refractivity (Wildman–Crippen MR) is 96.6 cm³/mol. The van der Waals surface area contributed by atoms with Gasteiger partial charge in [0, 0.05) is 17.1 Å². The fraction of sp³-hybridized carbons (Fsp3) is 0.0526. The standard InChI is InChI=1S/C19H16FN3O3/c20-13-6-8-14(9-7-13)21-12-18(24)22-15-3-1-4-16(11-15)23-19(25)17-5-2-10-26-17/h1-11,21H,12H2,(H,22,24)(H,23,25). The van der Waals surface area contributed by atoms with Crippen LogP contribution in [0.15, 0.2) is 71.3 Å². The summed E-state index contributed by atoms with van der Waals surface area (Å²) in [6.07, 6.45) is 1.42. The molecule has 1 heterocycles. The first-order valence-corrected chi connectivity index (χ1v) is 7.84. The van der Waals surface area contributed by atoms with E-state index in [1.807, 2.05) is 0 Å². The summed E-state index contributed by atoms with van der Waals surface area (Å²) in [6.45, 7) is 0.0224. The lowest BCUT2D eigenvalue weighted by molar-refractivity contribution is -0.114. The molecule has 0 fully saturated rings. The third kappa shape index (κ3) is 4.70. The monoisotopic (exact) mass is 353 g/mol. The zero-order chi connectivity index (χ0) is 18.4. The highest BCUT2D eigenvalue weighted by atomic mass is 19.1. The van der Waals surface area contributed by atoms with Crippen molar-refractivity contribution in [2.24, 2.45) is 0 Å². The Morgan fingerprint density at radius 1 is 0.885 bits per heavy atom. The van der Waals surface area contributed by atoms with Crippen LogP contribution in [0.5, 0.6) is 0 Å². The number of furan rings is 1. The van der Waals surface area contributed by atoms with E-state index in [-0.39, 0.29) is 29.9 Å². The van der Waals surface area contributed by atoms with E-state index < -0.39 is 0 Å². The minimum atomic E-state index is -0.378. The van der Waals surface area contributed by atoms with E-state index in [0.29, 0.717) is 17.1 Å². The number of carbonyl (C=O) groups is 2. The molecule has 0 aliphatic rings. The van der Waals surface area contributed by atoms with Crippen LogP contribution in [0.4, 0.5) is 21.5 Å². The molecule has 3 aromatic rings. The Labute approximate surface area is 149 Å². The van der Waals surface area contributed by atoms with Crippen LogP contribution >= 0.6 is 0 Å². The Hall–Kier alpha value is -3.61. The summed E-state index contributed by atoms with van der Waals surface area (Å²) in [7, 11) is 0. The lowest BCUT2D eigenvalue weighted by atomic mass is 10.2. The Balaban J connectivity index is 1.55. The number of amides is 2. The van der Waals surface area contributed by atoms with Crippen molar-refractivity contribution in [3.63, 3.8) is 0 Å². The topological polar surface area (TPSA) is 83.4 Å². The van der Waals surface area contributed by atoms with E-state index in [2.05, 4.69) is 16.0 Å². The van der Waals surface area contributed by atoms with Crippen molar-refractivity contribution in [3.8, 4) is 0 Å². The van der Waals surface area contributed by atoms with Crippen LogP contribution in [0.3, 0.4) is 0 Å². The van der Waals surface area contributed by atoms with E-state index in [1.165, 1.54) is 18.4 Å². The molecule has 0 spiro atoms. The molecule has 7 heteroatoms. The van der Waals surface area contributed by atoms with Crippen molar-refractivity contribution in [2.75, 3.05) is 22.5 Å². The molecule has 0 aliphatic carbocycles. The molecule has 2 aromatic carbocycles. The first-order valence-electron chi connectivity index (χ1n) is 7.84. The van der Waals surface area contributed by atoms with Crippen molar-refractivity contribution in [1.29, 1.82) is 0 Å². The molecule has 0 unspecified atom stereocenters. The maximum atomic E-state index is 12.8. The quantitative estimate of drug-likeness (QED) is 0.631. The number of nitrogens with one attached hydrogen (secondary N) is 3. The number of halogens is 1. The molecule has 0 saturated heterocycles. The van der Waals surface area contributed by atoms with Crippen molar-refractivity contribution in [1.82, 2.24) is 0 Å². The molecule has 0 radical (unpaired) electrons. The van der Waals surface area contributed by atoms with Gasteiger partial charge in [0.15, 0.2) is 5.76 Å². The van der Waals surface area contributed by atoms with Gasteiger partial charge >= 0.3 is 0 Å².